The fourth-order valence-electron chi connectivity index (χ4n) is 2.05. The number of benzene rings is 1. The number of aromatic nitrogens is 1. The van der Waals surface area contributed by atoms with Crippen LogP contribution >= 0.6 is 11.3 Å². The highest BCUT2D eigenvalue weighted by molar-refractivity contribution is 7.15. The minimum Gasteiger partial charge on any atom is -0.330 e. The molecule has 2 nitrogen and oxygen atoms in total. The van der Waals surface area contributed by atoms with E-state index in [0.29, 0.717) is 6.54 Å². The Hall–Kier alpha value is -1.19. The van der Waals surface area contributed by atoms with Crippen molar-refractivity contribution in [2.75, 3.05) is 6.54 Å². The SMILES string of the molecule is Cc1ccccc1-c1nc(C)c(C(C)(C)CN)s1. The van der Waals surface area contributed by atoms with Crippen LogP contribution in [0.1, 0.15) is 30.0 Å². The number of nitrogens with zero attached hydrogens (tertiary/aromatic N) is 1. The summed E-state index contributed by atoms with van der Waals surface area (Å²) in [5.74, 6) is 0. The summed E-state index contributed by atoms with van der Waals surface area (Å²) >= 11 is 1.77. The molecule has 96 valence electrons. The van der Waals surface area contributed by atoms with Crippen LogP contribution in [0.3, 0.4) is 0 Å². The summed E-state index contributed by atoms with van der Waals surface area (Å²) in [7, 11) is 0. The molecule has 0 unspecified atom stereocenters. The van der Waals surface area contributed by atoms with E-state index in [2.05, 4.69) is 52.0 Å². The summed E-state index contributed by atoms with van der Waals surface area (Å²) in [5, 5.41) is 1.10. The zero-order valence-electron chi connectivity index (χ0n) is 11.4. The fraction of sp³-hybridized carbons (Fsp3) is 0.400. The molecule has 0 fully saturated rings. The van der Waals surface area contributed by atoms with E-state index in [1.54, 1.807) is 11.3 Å². The lowest BCUT2D eigenvalue weighted by Gasteiger charge is -2.20. The van der Waals surface area contributed by atoms with Gasteiger partial charge in [0.25, 0.3) is 0 Å². The van der Waals surface area contributed by atoms with Gasteiger partial charge in [0.2, 0.25) is 0 Å². The maximum absolute atomic E-state index is 5.86. The first-order valence-electron chi connectivity index (χ1n) is 6.19. The van der Waals surface area contributed by atoms with Gasteiger partial charge in [-0.05, 0) is 19.4 Å². The van der Waals surface area contributed by atoms with E-state index < -0.39 is 0 Å². The fourth-order valence-corrected chi connectivity index (χ4v) is 3.31. The third kappa shape index (κ3) is 2.33. The number of hydrogen-bond donors (Lipinski definition) is 1. The minimum absolute atomic E-state index is 0.00266. The van der Waals surface area contributed by atoms with E-state index in [-0.39, 0.29) is 5.41 Å². The van der Waals surface area contributed by atoms with Gasteiger partial charge in [-0.25, -0.2) is 4.98 Å². The van der Waals surface area contributed by atoms with Crippen molar-refractivity contribution in [3.8, 4) is 10.6 Å². The molecular weight excluding hydrogens is 240 g/mol. The van der Waals surface area contributed by atoms with Crippen LogP contribution in [0.15, 0.2) is 24.3 Å². The minimum atomic E-state index is 0.00266. The highest BCUT2D eigenvalue weighted by Crippen LogP contribution is 2.36. The average Bonchev–Trinajstić information content (AvgIpc) is 2.72. The van der Waals surface area contributed by atoms with Crippen LogP contribution in [-0.2, 0) is 5.41 Å². The smallest absolute Gasteiger partial charge is 0.124 e. The van der Waals surface area contributed by atoms with Crippen molar-refractivity contribution < 1.29 is 0 Å². The Kier molecular flexibility index (Phi) is 3.55. The first kappa shape index (κ1) is 13.2. The lowest BCUT2D eigenvalue weighted by Crippen LogP contribution is -2.27. The molecule has 2 aromatic rings. The van der Waals surface area contributed by atoms with Gasteiger partial charge in [-0.2, -0.15) is 0 Å². The van der Waals surface area contributed by atoms with Gasteiger partial charge in [0.05, 0.1) is 5.69 Å². The van der Waals surface area contributed by atoms with Gasteiger partial charge in [0.1, 0.15) is 5.01 Å². The van der Waals surface area contributed by atoms with Crippen molar-refractivity contribution in [1.82, 2.24) is 4.98 Å². The van der Waals surface area contributed by atoms with Gasteiger partial charge in [-0.15, -0.1) is 11.3 Å². The van der Waals surface area contributed by atoms with Crippen molar-refractivity contribution >= 4 is 11.3 Å². The van der Waals surface area contributed by atoms with Crippen molar-refractivity contribution in [2.24, 2.45) is 5.73 Å². The van der Waals surface area contributed by atoms with Crippen LogP contribution in [0.2, 0.25) is 0 Å². The topological polar surface area (TPSA) is 38.9 Å². The molecule has 0 bridgehead atoms. The highest BCUT2D eigenvalue weighted by atomic mass is 32.1. The maximum atomic E-state index is 5.86. The zero-order chi connectivity index (χ0) is 13.3. The molecule has 1 aromatic carbocycles. The first-order valence-corrected chi connectivity index (χ1v) is 7.01. The number of thiazole rings is 1. The molecule has 1 aromatic heterocycles. The van der Waals surface area contributed by atoms with E-state index in [9.17, 15) is 0 Å². The van der Waals surface area contributed by atoms with E-state index in [1.807, 2.05) is 0 Å². The van der Waals surface area contributed by atoms with Crippen LogP contribution < -0.4 is 5.73 Å². The standard InChI is InChI=1S/C15H20N2S/c1-10-7-5-6-8-12(10)14-17-11(2)13(18-14)15(3,4)9-16/h5-8H,9,16H2,1-4H3. The molecule has 1 heterocycles. The Morgan fingerprint density at radius 2 is 1.89 bits per heavy atom. The predicted molar refractivity (Wildman–Crippen MR) is 79.1 cm³/mol. The van der Waals surface area contributed by atoms with Crippen LogP contribution in [0.4, 0.5) is 0 Å². The second-order valence-electron chi connectivity index (χ2n) is 5.34. The summed E-state index contributed by atoms with van der Waals surface area (Å²) in [4.78, 5) is 6.01. The summed E-state index contributed by atoms with van der Waals surface area (Å²) in [5.41, 5.74) is 9.47. The molecule has 0 aliphatic carbocycles. The van der Waals surface area contributed by atoms with Gasteiger partial charge in [0.15, 0.2) is 0 Å². The second-order valence-corrected chi connectivity index (χ2v) is 6.34. The Morgan fingerprint density at radius 3 is 2.50 bits per heavy atom. The predicted octanol–water partition coefficient (Wildman–Crippen LogP) is 3.66. The lowest BCUT2D eigenvalue weighted by molar-refractivity contribution is 0.546. The molecule has 3 heteroatoms. The lowest BCUT2D eigenvalue weighted by atomic mass is 9.91. The van der Waals surface area contributed by atoms with Crippen molar-refractivity contribution in [2.45, 2.75) is 33.1 Å². The summed E-state index contributed by atoms with van der Waals surface area (Å²) in [6.45, 7) is 9.19. The van der Waals surface area contributed by atoms with Crippen molar-refractivity contribution in [3.05, 3.63) is 40.4 Å². The average molecular weight is 260 g/mol. The third-order valence-corrected chi connectivity index (χ3v) is 4.85. The van der Waals surface area contributed by atoms with Crippen LogP contribution in [0.25, 0.3) is 10.6 Å². The monoisotopic (exact) mass is 260 g/mol. The molecule has 2 rings (SSSR count). The molecule has 0 saturated carbocycles. The third-order valence-electron chi connectivity index (χ3n) is 3.30. The molecule has 2 N–H and O–H groups in total. The van der Waals surface area contributed by atoms with Gasteiger partial charge in [0, 0.05) is 22.4 Å². The van der Waals surface area contributed by atoms with E-state index >= 15 is 0 Å². The van der Waals surface area contributed by atoms with E-state index in [4.69, 9.17) is 10.7 Å². The van der Waals surface area contributed by atoms with Crippen molar-refractivity contribution in [1.29, 1.82) is 0 Å². The highest BCUT2D eigenvalue weighted by Gasteiger charge is 2.25. The summed E-state index contributed by atoms with van der Waals surface area (Å²) in [6.07, 6.45) is 0. The van der Waals surface area contributed by atoms with Gasteiger partial charge in [-0.1, -0.05) is 38.1 Å². The Balaban J connectivity index is 2.51. The number of aryl methyl sites for hydroxylation is 2. The van der Waals surface area contributed by atoms with Crippen molar-refractivity contribution in [3.63, 3.8) is 0 Å². The second kappa shape index (κ2) is 4.82. The summed E-state index contributed by atoms with van der Waals surface area (Å²) in [6, 6.07) is 8.38. The van der Waals surface area contributed by atoms with Crippen LogP contribution in [0.5, 0.6) is 0 Å². The Bertz CT molecular complexity index is 555. The van der Waals surface area contributed by atoms with E-state index in [1.165, 1.54) is 16.0 Å². The van der Waals surface area contributed by atoms with E-state index in [0.717, 1.165) is 10.7 Å². The molecular formula is C15H20N2S. The van der Waals surface area contributed by atoms with Gasteiger partial charge >= 0.3 is 0 Å². The normalized spacial score (nSPS) is 11.8. The molecule has 0 spiro atoms. The zero-order valence-corrected chi connectivity index (χ0v) is 12.3. The molecule has 0 radical (unpaired) electrons. The van der Waals surface area contributed by atoms with Crippen LogP contribution in [-0.4, -0.2) is 11.5 Å². The maximum Gasteiger partial charge on any atom is 0.124 e. The largest absolute Gasteiger partial charge is 0.330 e. The van der Waals surface area contributed by atoms with Gasteiger partial charge in [-0.3, -0.25) is 0 Å². The van der Waals surface area contributed by atoms with Gasteiger partial charge < -0.3 is 5.73 Å². The molecule has 0 aliphatic rings. The number of hydrogen-bond acceptors (Lipinski definition) is 3. The quantitative estimate of drug-likeness (QED) is 0.914. The first-order chi connectivity index (χ1) is 8.45. The Labute approximate surface area is 113 Å². The van der Waals surface area contributed by atoms with Crippen LogP contribution in [0, 0.1) is 13.8 Å². The molecule has 0 aliphatic heterocycles. The molecule has 0 saturated heterocycles. The number of nitrogens with two attached hydrogens (primary N) is 1. The molecule has 18 heavy (non-hydrogen) atoms. The molecule has 0 amide bonds. The molecule has 0 atom stereocenters. The Morgan fingerprint density at radius 1 is 1.22 bits per heavy atom. The number of rotatable bonds is 3. The summed E-state index contributed by atoms with van der Waals surface area (Å²) < 4.78 is 0.